The van der Waals surface area contributed by atoms with Crippen molar-refractivity contribution in [2.75, 3.05) is 0 Å². The lowest BCUT2D eigenvalue weighted by Crippen LogP contribution is -2.94. The maximum Gasteiger partial charge on any atom is 0.156 e. The van der Waals surface area contributed by atoms with Crippen LogP contribution in [-0.4, -0.2) is 75.8 Å². The first kappa shape index (κ1) is 78.7. The predicted molar refractivity (Wildman–Crippen MR) is 477 cm³/mol. The third-order valence-electron chi connectivity index (χ3n) is 47.6. The van der Waals surface area contributed by atoms with Crippen LogP contribution in [0.4, 0.5) is 0 Å². The summed E-state index contributed by atoms with van der Waals surface area (Å²) >= 11 is 0. The van der Waals surface area contributed by atoms with Crippen molar-refractivity contribution in [3.8, 4) is 0 Å². The van der Waals surface area contributed by atoms with Crippen LogP contribution in [0, 0.1) is 205 Å². The molecule has 3 nitrogen and oxygen atoms in total. The van der Waals surface area contributed by atoms with Crippen molar-refractivity contribution in [1.29, 1.82) is 0 Å². The number of likely N-dealkylation sites (tertiary alicyclic amines) is 1. The molecule has 20 aliphatic carbocycles. The fraction of sp³-hybridized carbons (Fsp3) is 1.00. The van der Waals surface area contributed by atoms with E-state index < -0.39 is 0 Å². The second kappa shape index (κ2) is 29.5. The van der Waals surface area contributed by atoms with E-state index in [4.69, 9.17) is 0 Å². The largest absolute Gasteiger partial charge is 0.295 e. The van der Waals surface area contributed by atoms with Gasteiger partial charge in [-0.25, -0.2) is 0 Å². The predicted octanol–water partition coefficient (Wildman–Crippen LogP) is 28.7. The molecule has 0 N–H and O–H groups in total. The van der Waals surface area contributed by atoms with Gasteiger partial charge in [0, 0.05) is 59.8 Å². The third-order valence-corrected chi connectivity index (χ3v) is 47.6. The Morgan fingerprint density at radius 2 is 0.553 bits per heavy atom. The average Bonchev–Trinajstić information content (AvgIpc) is 0.617. The first-order chi connectivity index (χ1) is 55.0. The molecule has 0 aromatic heterocycles. The molecular weight excluding hydrogens is 1370 g/mol. The van der Waals surface area contributed by atoms with Crippen LogP contribution in [0.5, 0.6) is 0 Å². The Labute approximate surface area is 703 Å². The molecule has 0 bridgehead atoms. The minimum Gasteiger partial charge on any atom is -0.295 e. The monoisotopic (exact) mass is 1550 g/mol. The topological polar surface area (TPSA) is 9.72 Å². The van der Waals surface area contributed by atoms with Gasteiger partial charge < -0.3 is 0 Å². The zero-order valence-electron chi connectivity index (χ0n) is 76.7. The Balaban J connectivity index is 0.713. The van der Waals surface area contributed by atoms with Gasteiger partial charge in [-0.1, -0.05) is 237 Å². The number of hydrogen-bond donors (Lipinski definition) is 0. The van der Waals surface area contributed by atoms with Gasteiger partial charge in [0.25, 0.3) is 0 Å². The second-order valence-electron chi connectivity index (χ2n) is 54.9. The van der Waals surface area contributed by atoms with Crippen molar-refractivity contribution < 1.29 is 0 Å². The minimum absolute atomic E-state index is 0.427. The highest BCUT2D eigenvalue weighted by Crippen LogP contribution is 2.84. The summed E-state index contributed by atoms with van der Waals surface area (Å²) in [5.41, 5.74) is 2.54. The highest BCUT2D eigenvalue weighted by atomic mass is 15.4. The Bertz CT molecular complexity index is 3100. The molecule has 23 rings (SSSR count). The smallest absolute Gasteiger partial charge is 0.156 e. The quantitative estimate of drug-likeness (QED) is 0.213. The van der Waals surface area contributed by atoms with Gasteiger partial charge in [-0.2, -0.15) is 0 Å². The molecule has 0 radical (unpaired) electrons. The number of piperidine rings is 2. The molecule has 114 heavy (non-hydrogen) atoms. The molecule has 4 heteroatoms. The molecule has 638 valence electrons. The fourth-order valence-corrected chi connectivity index (χ4v) is 43.1. The van der Waals surface area contributed by atoms with Gasteiger partial charge in [0.05, 0.1) is 0 Å². The first-order valence-electron chi connectivity index (χ1n) is 54.3. The molecule has 34 unspecified atom stereocenters. The normalized spacial score (nSPS) is 54.1. The van der Waals surface area contributed by atoms with Crippen LogP contribution in [0.15, 0.2) is 0 Å². The summed E-state index contributed by atoms with van der Waals surface area (Å²) in [6, 6.07) is 7.88. The van der Waals surface area contributed by atoms with Gasteiger partial charge in [-0.15, -0.1) is 0 Å². The molecule has 1 spiro atoms. The van der Waals surface area contributed by atoms with Crippen LogP contribution in [0.1, 0.15) is 411 Å². The summed E-state index contributed by atoms with van der Waals surface area (Å²) in [6.45, 7) is 33.8. The van der Waals surface area contributed by atoms with E-state index in [1.54, 1.807) is 302 Å². The van der Waals surface area contributed by atoms with Crippen LogP contribution < -0.4 is 0 Å². The summed E-state index contributed by atoms with van der Waals surface area (Å²) in [5, 5.41) is 0. The summed E-state index contributed by atoms with van der Waals surface area (Å²) < 4.78 is 0. The van der Waals surface area contributed by atoms with Gasteiger partial charge in [0.2, 0.25) is 0 Å². The van der Waals surface area contributed by atoms with Gasteiger partial charge in [0.1, 0.15) is 0 Å². The second-order valence-corrected chi connectivity index (χ2v) is 54.9. The zero-order chi connectivity index (χ0) is 77.1. The minimum atomic E-state index is 0.427. The average molecular weight is 1560 g/mol. The van der Waals surface area contributed by atoms with Crippen LogP contribution >= 0.6 is 0 Å². The first-order valence-corrected chi connectivity index (χ1v) is 54.3. The summed E-state index contributed by atoms with van der Waals surface area (Å²) in [4.78, 5) is 11.7. The fourth-order valence-electron chi connectivity index (χ4n) is 43.1. The van der Waals surface area contributed by atoms with E-state index in [0.717, 1.165) is 261 Å². The van der Waals surface area contributed by atoms with E-state index in [2.05, 4.69) is 97.8 Å². The molecule has 0 aromatic carbocycles. The highest BCUT2D eigenvalue weighted by Gasteiger charge is 2.85. The van der Waals surface area contributed by atoms with E-state index in [9.17, 15) is 0 Å². The van der Waals surface area contributed by atoms with Crippen molar-refractivity contribution in [2.24, 2.45) is 205 Å². The maximum absolute atomic E-state index is 4.04. The van der Waals surface area contributed by atoms with E-state index in [0.29, 0.717) is 21.7 Å². The Morgan fingerprint density at radius 3 is 0.895 bits per heavy atom. The number of nitrogens with zero attached hydrogens (tertiary/aromatic N) is 3. The lowest BCUT2D eigenvalue weighted by molar-refractivity contribution is -0.408. The molecule has 20 saturated carbocycles. The van der Waals surface area contributed by atoms with Crippen molar-refractivity contribution in [3.63, 3.8) is 0 Å². The Kier molecular flexibility index (Phi) is 20.4. The molecule has 3 aliphatic heterocycles. The van der Waals surface area contributed by atoms with Crippen molar-refractivity contribution >= 4 is 6.71 Å². The molecular formula is C110H180BN3. The van der Waals surface area contributed by atoms with Crippen LogP contribution in [0.25, 0.3) is 0 Å². The Hall–Kier alpha value is -0.0551. The van der Waals surface area contributed by atoms with Crippen LogP contribution in [0.3, 0.4) is 0 Å². The van der Waals surface area contributed by atoms with Crippen LogP contribution in [-0.2, 0) is 0 Å². The lowest BCUT2D eigenvalue weighted by atomic mass is 9.17. The van der Waals surface area contributed by atoms with Crippen molar-refractivity contribution in [1.82, 2.24) is 14.7 Å². The van der Waals surface area contributed by atoms with Gasteiger partial charge >= 0.3 is 0 Å². The molecule has 0 aromatic rings. The van der Waals surface area contributed by atoms with E-state index in [1.807, 2.05) is 0 Å². The summed E-state index contributed by atoms with van der Waals surface area (Å²) in [7, 11) is 0. The Morgan fingerprint density at radius 1 is 0.228 bits per heavy atom. The number of hydrogen-bond acceptors (Lipinski definition) is 3. The molecule has 23 aliphatic rings. The van der Waals surface area contributed by atoms with Crippen molar-refractivity contribution in [3.05, 3.63) is 0 Å². The van der Waals surface area contributed by atoms with Gasteiger partial charge in [-0.3, -0.25) is 14.7 Å². The molecule has 3 saturated heterocycles. The molecule has 34 atom stereocenters. The molecule has 0 amide bonds. The van der Waals surface area contributed by atoms with E-state index >= 15 is 0 Å². The summed E-state index contributed by atoms with van der Waals surface area (Å²) in [5.74, 6) is 32.8. The van der Waals surface area contributed by atoms with Gasteiger partial charge in [-0.05, 0) is 390 Å². The lowest BCUT2D eigenvalue weighted by Gasteiger charge is -2.90. The molecule has 3 heterocycles. The van der Waals surface area contributed by atoms with Crippen LogP contribution in [0.2, 0.25) is 17.5 Å². The van der Waals surface area contributed by atoms with Crippen molar-refractivity contribution in [2.45, 2.75) is 482 Å². The third kappa shape index (κ3) is 12.5. The number of fused-ring (bicyclic) bond motifs is 4. The van der Waals surface area contributed by atoms with Gasteiger partial charge in [0.15, 0.2) is 6.71 Å². The summed E-state index contributed by atoms with van der Waals surface area (Å²) in [6.07, 6.45) is 81.4. The highest BCUT2D eigenvalue weighted by molar-refractivity contribution is 6.65. The van der Waals surface area contributed by atoms with E-state index in [-0.39, 0.29) is 0 Å². The zero-order valence-corrected chi connectivity index (χ0v) is 76.7. The number of rotatable bonds is 9. The maximum atomic E-state index is 4.04. The SMILES string of the molecule is CC(C)(C)C1CC2CCC3CC(C(C)(C)C)CC4C(C5CCC6C(C5)B5C7CC(C8CC9CC(C(C)(C)C)CC%10CCC%11CC(C(C)(C)C)CC8C%11C%109)CCC7N(C7C(C8CCCCC8)CCCC7C7CCCCC7)C7CC(N8C9CC%10CC%11CC8C%10%119)CC(C57)N6C5C(C6CCCCC6)CCCC5C5CCCCC5)CC(C1)C2C34. The standard InChI is InChI=1S/C110H180BN3/c1-106(2,3)76-47-70-39-41-72-49-78(108(7,8)9)58-89-87(53-74(51-76)99(70)101(72)89)68-43-45-93-91(55-68)111-92-56-69(88-54-75-52-77(107(4,5)6)48-71-40-42-73-50-79(109(10,11)12)59-90(88)102(73)100(71)75)44-46-94(92)114(105-85(66-31-21-15-22-32-66)37-26-38-86(105)67-33-23-16-24-34-67)96-63-82(112-97-60-80-57-81-61-98(112)110(80,81)97)62-95(103(96)111)113(93)104-83(64-27-17-13-18-28-64)35-25-36-84(104)65-29-19-14-20-30-65/h64-105H,13-63H2,1-12H3. The molecule has 23 fully saturated rings. The van der Waals surface area contributed by atoms with E-state index in [1.165, 1.54) is 25.7 Å².